The highest BCUT2D eigenvalue weighted by atomic mass is 35.7. The monoisotopic (exact) mass is 251 g/mol. The van der Waals surface area contributed by atoms with E-state index in [1.807, 2.05) is 0 Å². The highest BCUT2D eigenvalue weighted by Crippen LogP contribution is 2.12. The van der Waals surface area contributed by atoms with Crippen molar-refractivity contribution < 1.29 is 14.3 Å². The van der Waals surface area contributed by atoms with Crippen LogP contribution >= 0.6 is 21.7 Å². The van der Waals surface area contributed by atoms with Crippen LogP contribution in [0.2, 0.25) is 0 Å². The van der Waals surface area contributed by atoms with Gasteiger partial charge in [-0.05, 0) is 10.7 Å². The van der Waals surface area contributed by atoms with E-state index in [2.05, 4.69) is 11.3 Å². The first-order valence-corrected chi connectivity index (χ1v) is 6.10. The van der Waals surface area contributed by atoms with E-state index in [0.717, 1.165) is 11.0 Å². The molecule has 0 atom stereocenters. The van der Waals surface area contributed by atoms with Gasteiger partial charge in [-0.2, -0.15) is 0 Å². The predicted octanol–water partition coefficient (Wildman–Crippen LogP) is 1.80. The molecule has 0 aromatic carbocycles. The normalized spacial score (nSPS) is 9.53. The molecule has 0 aliphatic rings. The van der Waals surface area contributed by atoms with Crippen molar-refractivity contribution in [3.8, 4) is 0 Å². The molecule has 0 unspecified atom stereocenters. The molecule has 0 heterocycles. The average Bonchev–Trinajstić information content (AvgIpc) is 2.17. The highest BCUT2D eigenvalue weighted by molar-refractivity contribution is 8.21. The molecule has 0 rings (SSSR count). The molecule has 0 aliphatic carbocycles. The molecule has 86 valence electrons. The lowest BCUT2D eigenvalue weighted by Gasteiger charge is -2.21. The third-order valence-electron chi connectivity index (χ3n) is 1.73. The largest absolute Gasteiger partial charge is 0.469 e. The summed E-state index contributed by atoms with van der Waals surface area (Å²) in [6.45, 7) is 5.53. The van der Waals surface area contributed by atoms with Gasteiger partial charge in [0.15, 0.2) is 0 Å². The molecule has 0 aromatic rings. The lowest BCUT2D eigenvalue weighted by Crippen LogP contribution is -2.30. The molecule has 0 radical (unpaired) electrons. The second kappa shape index (κ2) is 7.59. The van der Waals surface area contributed by atoms with Crippen molar-refractivity contribution in [2.24, 2.45) is 0 Å². The molecule has 0 bridgehead atoms. The Bertz CT molecular complexity index is 258. The van der Waals surface area contributed by atoms with Crippen LogP contribution in [0.5, 0.6) is 0 Å². The van der Waals surface area contributed by atoms with Gasteiger partial charge in [0.2, 0.25) is 5.91 Å². The fourth-order valence-electron chi connectivity index (χ4n) is 0.998. The summed E-state index contributed by atoms with van der Waals surface area (Å²) in [5.74, 6) is 0.0146. The summed E-state index contributed by atoms with van der Waals surface area (Å²) in [5.41, 5.74) is 0.431. The lowest BCUT2D eigenvalue weighted by atomic mass is 10.3. The van der Waals surface area contributed by atoms with Gasteiger partial charge in [0.05, 0.1) is 13.5 Å². The zero-order chi connectivity index (χ0) is 11.8. The van der Waals surface area contributed by atoms with Gasteiger partial charge in [0.25, 0.3) is 0 Å². The van der Waals surface area contributed by atoms with E-state index in [1.165, 1.54) is 18.9 Å². The van der Waals surface area contributed by atoms with Crippen molar-refractivity contribution in [3.05, 3.63) is 12.3 Å². The van der Waals surface area contributed by atoms with Crippen LogP contribution in [0.4, 0.5) is 0 Å². The first-order chi connectivity index (χ1) is 7.02. The Morgan fingerprint density at radius 1 is 1.53 bits per heavy atom. The van der Waals surface area contributed by atoms with Gasteiger partial charge in [-0.1, -0.05) is 17.6 Å². The third kappa shape index (κ3) is 5.69. The van der Waals surface area contributed by atoms with Crippen LogP contribution < -0.4 is 0 Å². The van der Waals surface area contributed by atoms with Gasteiger partial charge in [-0.25, -0.2) is 0 Å². The number of nitrogens with zero attached hydrogens (tertiary/aromatic N) is 1. The summed E-state index contributed by atoms with van der Waals surface area (Å²) < 4.78 is 4.49. The van der Waals surface area contributed by atoms with Crippen LogP contribution in [0.15, 0.2) is 12.3 Å². The van der Waals surface area contributed by atoms with Crippen LogP contribution in [-0.2, 0) is 14.3 Å². The third-order valence-corrected chi connectivity index (χ3v) is 2.53. The number of carbonyl (C=O) groups excluding carboxylic acids is 2. The van der Waals surface area contributed by atoms with Crippen LogP contribution in [0.1, 0.15) is 13.3 Å². The van der Waals surface area contributed by atoms with E-state index in [0.29, 0.717) is 18.0 Å². The van der Waals surface area contributed by atoms with E-state index >= 15 is 0 Å². The van der Waals surface area contributed by atoms with E-state index in [-0.39, 0.29) is 12.3 Å². The maximum atomic E-state index is 11.2. The van der Waals surface area contributed by atoms with E-state index in [1.54, 1.807) is 0 Å². The summed E-state index contributed by atoms with van der Waals surface area (Å²) in [7, 11) is 7.85. The number of ether oxygens (including phenoxy) is 1. The average molecular weight is 252 g/mol. The summed E-state index contributed by atoms with van der Waals surface area (Å²) in [6.07, 6.45) is 0.0169. The maximum absolute atomic E-state index is 11.2. The molecule has 0 N–H and O–H groups in total. The molecule has 0 spiro atoms. The Balaban J connectivity index is 4.29. The van der Waals surface area contributed by atoms with Gasteiger partial charge in [0, 0.05) is 24.9 Å². The Morgan fingerprint density at radius 3 is 2.53 bits per heavy atom. The Morgan fingerprint density at radius 2 is 2.13 bits per heavy atom. The van der Waals surface area contributed by atoms with Crippen LogP contribution in [-0.4, -0.2) is 36.2 Å². The maximum Gasteiger partial charge on any atom is 0.311 e. The molecule has 0 fully saturated rings. The van der Waals surface area contributed by atoms with Crippen LogP contribution in [0.25, 0.3) is 0 Å². The van der Waals surface area contributed by atoms with Gasteiger partial charge in [-0.15, -0.1) is 0 Å². The van der Waals surface area contributed by atoms with E-state index < -0.39 is 5.97 Å². The fraction of sp³-hybridized carbons (Fsp3) is 0.556. The highest BCUT2D eigenvalue weighted by Gasteiger charge is 2.15. The number of methoxy groups -OCH3 is 1. The minimum Gasteiger partial charge on any atom is -0.469 e. The van der Waals surface area contributed by atoms with Crippen molar-refractivity contribution in [2.45, 2.75) is 13.3 Å². The first kappa shape index (κ1) is 14.3. The van der Waals surface area contributed by atoms with Crippen LogP contribution in [0, 0.1) is 0 Å². The quantitative estimate of drug-likeness (QED) is 0.676. The molecule has 1 amide bonds. The van der Waals surface area contributed by atoms with Crippen molar-refractivity contribution in [3.63, 3.8) is 0 Å². The number of hydrogen-bond donors (Lipinski definition) is 0. The van der Waals surface area contributed by atoms with Gasteiger partial charge < -0.3 is 9.64 Å². The zero-order valence-electron chi connectivity index (χ0n) is 8.79. The second-order valence-electron chi connectivity index (χ2n) is 2.80. The molecular formula is C9H14ClNO3S. The van der Waals surface area contributed by atoms with Crippen LogP contribution in [0.3, 0.4) is 0 Å². The molecule has 6 heteroatoms. The molecular weight excluding hydrogens is 238 g/mol. The number of halogens is 1. The second-order valence-corrected chi connectivity index (χ2v) is 4.08. The smallest absolute Gasteiger partial charge is 0.311 e. The van der Waals surface area contributed by atoms with Gasteiger partial charge >= 0.3 is 5.97 Å². The Labute approximate surface area is 98.1 Å². The van der Waals surface area contributed by atoms with Crippen molar-refractivity contribution >= 4 is 33.5 Å². The Kier molecular flexibility index (Phi) is 7.25. The minimum atomic E-state index is -0.412. The van der Waals surface area contributed by atoms with E-state index in [9.17, 15) is 9.59 Å². The summed E-state index contributed by atoms with van der Waals surface area (Å²) in [6, 6.07) is 0. The number of amides is 1. The lowest BCUT2D eigenvalue weighted by molar-refractivity contribution is -0.140. The van der Waals surface area contributed by atoms with E-state index in [4.69, 9.17) is 10.7 Å². The van der Waals surface area contributed by atoms with Gasteiger partial charge in [-0.3, -0.25) is 9.59 Å². The van der Waals surface area contributed by atoms with Crippen molar-refractivity contribution in [2.75, 3.05) is 19.4 Å². The van der Waals surface area contributed by atoms with Crippen molar-refractivity contribution in [1.29, 1.82) is 0 Å². The molecule has 15 heavy (non-hydrogen) atoms. The Hall–Kier alpha value is -0.680. The molecule has 0 saturated heterocycles. The minimum absolute atomic E-state index is 0.0169. The predicted molar refractivity (Wildman–Crippen MR) is 61.5 cm³/mol. The molecule has 0 saturated carbocycles. The van der Waals surface area contributed by atoms with Crippen molar-refractivity contribution in [1.82, 2.24) is 4.90 Å². The standard InChI is InChI=1S/C9H14ClNO3S/c1-7(6-9(13)14-3)11(8(2)12)4-5-15-10/h1,4-6H2,2-3H3. The fourth-order valence-corrected chi connectivity index (χ4v) is 1.46. The number of esters is 1. The zero-order valence-corrected chi connectivity index (χ0v) is 10.4. The topological polar surface area (TPSA) is 46.6 Å². The number of carbonyl (C=O) groups is 2. The first-order valence-electron chi connectivity index (χ1n) is 4.29. The molecule has 0 aliphatic heterocycles. The summed E-state index contributed by atoms with van der Waals surface area (Å²) >= 11 is 0. The SMILES string of the molecule is C=C(CC(=O)OC)N(CCSCl)C(C)=O. The summed E-state index contributed by atoms with van der Waals surface area (Å²) in [5, 5.41) is 0. The number of hydrogen-bond acceptors (Lipinski definition) is 4. The molecule has 0 aromatic heterocycles. The number of rotatable bonds is 6. The summed E-state index contributed by atoms with van der Waals surface area (Å²) in [4.78, 5) is 23.6. The molecule has 4 nitrogen and oxygen atoms in total. The van der Waals surface area contributed by atoms with Gasteiger partial charge in [0.1, 0.15) is 0 Å².